The molecule has 0 spiro atoms. The van der Waals surface area contributed by atoms with Gasteiger partial charge in [0, 0.05) is 23.5 Å². The van der Waals surface area contributed by atoms with Gasteiger partial charge in [0.25, 0.3) is 0 Å². The molecule has 1 atom stereocenters. The van der Waals surface area contributed by atoms with E-state index < -0.39 is 5.82 Å². The van der Waals surface area contributed by atoms with Crippen molar-refractivity contribution >= 4 is 11.6 Å². The van der Waals surface area contributed by atoms with Crippen LogP contribution in [-0.4, -0.2) is 17.0 Å². The number of benzene rings is 1. The van der Waals surface area contributed by atoms with Crippen molar-refractivity contribution in [2.24, 2.45) is 0 Å². The van der Waals surface area contributed by atoms with Crippen LogP contribution in [0.2, 0.25) is 5.02 Å². The molecular formula is C12H11ClFN3. The molecular weight excluding hydrogens is 241 g/mol. The third-order valence-corrected chi connectivity index (χ3v) is 2.79. The first-order valence-corrected chi connectivity index (χ1v) is 5.48. The number of rotatable bonds is 3. The Bertz CT molecular complexity index is 504. The maximum Gasteiger partial charge on any atom is 0.146 e. The maximum atomic E-state index is 13.9. The molecule has 1 N–H and O–H groups in total. The van der Waals surface area contributed by atoms with Crippen LogP contribution >= 0.6 is 11.6 Å². The van der Waals surface area contributed by atoms with E-state index in [1.165, 1.54) is 12.4 Å². The van der Waals surface area contributed by atoms with Crippen molar-refractivity contribution < 1.29 is 4.39 Å². The third kappa shape index (κ3) is 2.43. The predicted octanol–water partition coefficient (Wildman–Crippen LogP) is 2.58. The number of hydrogen-bond acceptors (Lipinski definition) is 3. The second kappa shape index (κ2) is 5.21. The standard InChI is InChI=1S/C12H11ClFN3/c1-15-12(8-5-16-7-17-6-8)9-3-2-4-10(13)11(9)14/h2-7,12,15H,1H3. The second-order valence-electron chi connectivity index (χ2n) is 3.54. The normalized spacial score (nSPS) is 12.4. The van der Waals surface area contributed by atoms with Gasteiger partial charge in [-0.3, -0.25) is 0 Å². The first-order valence-electron chi connectivity index (χ1n) is 5.10. The van der Waals surface area contributed by atoms with Crippen molar-refractivity contribution in [3.63, 3.8) is 0 Å². The van der Waals surface area contributed by atoms with Crippen molar-refractivity contribution in [3.05, 3.63) is 58.9 Å². The van der Waals surface area contributed by atoms with Crippen molar-refractivity contribution in [1.82, 2.24) is 15.3 Å². The molecule has 1 aromatic heterocycles. The van der Waals surface area contributed by atoms with Crippen molar-refractivity contribution in [1.29, 1.82) is 0 Å². The van der Waals surface area contributed by atoms with Crippen LogP contribution in [0.3, 0.4) is 0 Å². The summed E-state index contributed by atoms with van der Waals surface area (Å²) in [7, 11) is 1.75. The van der Waals surface area contributed by atoms with E-state index in [1.807, 2.05) is 0 Å². The Labute approximate surface area is 104 Å². The monoisotopic (exact) mass is 251 g/mol. The van der Waals surface area contributed by atoms with Crippen LogP contribution in [0.5, 0.6) is 0 Å². The van der Waals surface area contributed by atoms with E-state index in [2.05, 4.69) is 15.3 Å². The van der Waals surface area contributed by atoms with E-state index in [9.17, 15) is 4.39 Å². The zero-order valence-corrected chi connectivity index (χ0v) is 9.95. The average molecular weight is 252 g/mol. The van der Waals surface area contributed by atoms with Gasteiger partial charge in [-0.1, -0.05) is 23.7 Å². The minimum absolute atomic E-state index is 0.111. The molecule has 0 fully saturated rings. The summed E-state index contributed by atoms with van der Waals surface area (Å²) < 4.78 is 13.9. The first-order chi connectivity index (χ1) is 8.24. The van der Waals surface area contributed by atoms with E-state index >= 15 is 0 Å². The summed E-state index contributed by atoms with van der Waals surface area (Å²) >= 11 is 5.77. The van der Waals surface area contributed by atoms with Gasteiger partial charge in [0.05, 0.1) is 11.1 Å². The van der Waals surface area contributed by atoms with Crippen molar-refractivity contribution in [3.8, 4) is 0 Å². The molecule has 0 radical (unpaired) electrons. The van der Waals surface area contributed by atoms with Gasteiger partial charge in [-0.15, -0.1) is 0 Å². The molecule has 2 rings (SSSR count). The molecule has 3 nitrogen and oxygen atoms in total. The summed E-state index contributed by atoms with van der Waals surface area (Å²) in [5.41, 5.74) is 1.27. The van der Waals surface area contributed by atoms with E-state index in [0.29, 0.717) is 5.56 Å². The molecule has 1 aromatic carbocycles. The molecule has 0 saturated carbocycles. The van der Waals surface area contributed by atoms with Crippen LogP contribution < -0.4 is 5.32 Å². The van der Waals surface area contributed by atoms with Crippen LogP contribution in [0, 0.1) is 5.82 Å². The molecule has 17 heavy (non-hydrogen) atoms. The molecule has 0 aliphatic rings. The molecule has 2 aromatic rings. The molecule has 5 heteroatoms. The summed E-state index contributed by atoms with van der Waals surface area (Å²) in [5, 5.41) is 3.13. The van der Waals surface area contributed by atoms with Crippen LogP contribution in [0.4, 0.5) is 4.39 Å². The van der Waals surface area contributed by atoms with Gasteiger partial charge in [0.1, 0.15) is 12.1 Å². The van der Waals surface area contributed by atoms with Crippen LogP contribution in [0.1, 0.15) is 17.2 Å². The van der Waals surface area contributed by atoms with E-state index in [-0.39, 0.29) is 11.1 Å². The second-order valence-corrected chi connectivity index (χ2v) is 3.94. The number of aromatic nitrogens is 2. The summed E-state index contributed by atoms with van der Waals surface area (Å²) in [6.07, 6.45) is 4.73. The Morgan fingerprint density at radius 3 is 2.65 bits per heavy atom. The van der Waals surface area contributed by atoms with E-state index in [1.54, 1.807) is 31.6 Å². The Morgan fingerprint density at radius 2 is 2.00 bits per heavy atom. The Hall–Kier alpha value is -1.52. The van der Waals surface area contributed by atoms with Gasteiger partial charge in [0.2, 0.25) is 0 Å². The van der Waals surface area contributed by atoms with Gasteiger partial charge >= 0.3 is 0 Å². The number of nitrogens with zero attached hydrogens (tertiary/aromatic N) is 2. The SMILES string of the molecule is CNC(c1cncnc1)c1cccc(Cl)c1F. The van der Waals surface area contributed by atoms with Gasteiger partial charge in [-0.2, -0.15) is 0 Å². The molecule has 1 unspecified atom stereocenters. The lowest BCUT2D eigenvalue weighted by atomic mass is 10.0. The summed E-state index contributed by atoms with van der Waals surface area (Å²) in [6, 6.07) is 4.62. The van der Waals surface area contributed by atoms with Gasteiger partial charge < -0.3 is 5.32 Å². The van der Waals surface area contributed by atoms with Gasteiger partial charge in [0.15, 0.2) is 0 Å². The Kier molecular flexibility index (Phi) is 3.66. The first kappa shape index (κ1) is 12.0. The smallest absolute Gasteiger partial charge is 0.146 e. The van der Waals surface area contributed by atoms with Crippen LogP contribution in [0.25, 0.3) is 0 Å². The highest BCUT2D eigenvalue weighted by Gasteiger charge is 2.17. The van der Waals surface area contributed by atoms with Crippen LogP contribution in [-0.2, 0) is 0 Å². The summed E-state index contributed by atoms with van der Waals surface area (Å²) in [5.74, 6) is -0.419. The highest BCUT2D eigenvalue weighted by Crippen LogP contribution is 2.27. The quantitative estimate of drug-likeness (QED) is 0.911. The fourth-order valence-corrected chi connectivity index (χ4v) is 1.89. The van der Waals surface area contributed by atoms with Crippen molar-refractivity contribution in [2.75, 3.05) is 7.05 Å². The lowest BCUT2D eigenvalue weighted by Gasteiger charge is -2.17. The van der Waals surface area contributed by atoms with Crippen molar-refractivity contribution in [2.45, 2.75) is 6.04 Å². The zero-order valence-electron chi connectivity index (χ0n) is 9.19. The summed E-state index contributed by atoms with van der Waals surface area (Å²) in [6.45, 7) is 0. The minimum Gasteiger partial charge on any atom is -0.309 e. The average Bonchev–Trinajstić information content (AvgIpc) is 2.37. The minimum atomic E-state index is -0.419. The fraction of sp³-hybridized carbons (Fsp3) is 0.167. The highest BCUT2D eigenvalue weighted by molar-refractivity contribution is 6.30. The molecule has 1 heterocycles. The lowest BCUT2D eigenvalue weighted by Crippen LogP contribution is -2.19. The highest BCUT2D eigenvalue weighted by atomic mass is 35.5. The molecule has 0 amide bonds. The molecule has 0 aliphatic carbocycles. The van der Waals surface area contributed by atoms with Crippen LogP contribution in [0.15, 0.2) is 36.9 Å². The predicted molar refractivity (Wildman–Crippen MR) is 64.3 cm³/mol. The Balaban J connectivity index is 2.46. The molecule has 88 valence electrons. The molecule has 0 saturated heterocycles. The topological polar surface area (TPSA) is 37.8 Å². The maximum absolute atomic E-state index is 13.9. The summed E-state index contributed by atoms with van der Waals surface area (Å²) in [4.78, 5) is 7.85. The Morgan fingerprint density at radius 1 is 1.29 bits per heavy atom. The number of hydrogen-bond donors (Lipinski definition) is 1. The van der Waals surface area contributed by atoms with Gasteiger partial charge in [-0.05, 0) is 13.1 Å². The zero-order chi connectivity index (χ0) is 12.3. The fourth-order valence-electron chi connectivity index (χ4n) is 1.70. The molecule has 0 bridgehead atoms. The van der Waals surface area contributed by atoms with E-state index in [4.69, 9.17) is 11.6 Å². The van der Waals surface area contributed by atoms with E-state index in [0.717, 1.165) is 5.56 Å². The third-order valence-electron chi connectivity index (χ3n) is 2.50. The number of nitrogens with one attached hydrogen (secondary N) is 1. The lowest BCUT2D eigenvalue weighted by molar-refractivity contribution is 0.575. The number of halogens is 2. The van der Waals surface area contributed by atoms with Gasteiger partial charge in [-0.25, -0.2) is 14.4 Å². The largest absolute Gasteiger partial charge is 0.309 e. The molecule has 0 aliphatic heterocycles.